The molecule has 4 rings (SSSR count). The molecule has 2 N–H and O–H groups in total. The van der Waals surface area contributed by atoms with Crippen LogP contribution in [0.3, 0.4) is 0 Å². The van der Waals surface area contributed by atoms with Crippen molar-refractivity contribution in [2.24, 2.45) is 5.73 Å². The summed E-state index contributed by atoms with van der Waals surface area (Å²) in [7, 11) is 0. The van der Waals surface area contributed by atoms with E-state index < -0.39 is 0 Å². The van der Waals surface area contributed by atoms with Crippen molar-refractivity contribution in [1.82, 2.24) is 14.5 Å². The number of halogens is 1. The van der Waals surface area contributed by atoms with Crippen LogP contribution in [0.15, 0.2) is 48.5 Å². The smallest absolute Gasteiger partial charge is 0.151 e. The van der Waals surface area contributed by atoms with Crippen LogP contribution in [0.1, 0.15) is 24.2 Å². The lowest BCUT2D eigenvalue weighted by molar-refractivity contribution is 0.310. The number of likely N-dealkylation sites (tertiary alicyclic amines) is 1. The van der Waals surface area contributed by atoms with Gasteiger partial charge in [-0.25, -0.2) is 9.37 Å². The molecule has 0 aliphatic carbocycles. The van der Waals surface area contributed by atoms with Gasteiger partial charge in [-0.05, 0) is 24.6 Å². The zero-order chi connectivity index (χ0) is 17.4. The Balaban J connectivity index is 1.59. The van der Waals surface area contributed by atoms with Gasteiger partial charge in [0.05, 0.1) is 12.1 Å². The van der Waals surface area contributed by atoms with Crippen molar-refractivity contribution in [3.8, 4) is 0 Å². The van der Waals surface area contributed by atoms with Gasteiger partial charge in [0.2, 0.25) is 0 Å². The summed E-state index contributed by atoms with van der Waals surface area (Å²) in [6, 6.07) is 15.7. The highest BCUT2D eigenvalue weighted by molar-refractivity contribution is 5.76. The van der Waals surface area contributed by atoms with Crippen molar-refractivity contribution in [2.75, 3.05) is 13.1 Å². The van der Waals surface area contributed by atoms with Crippen molar-refractivity contribution < 1.29 is 4.39 Å². The van der Waals surface area contributed by atoms with Gasteiger partial charge in [-0.1, -0.05) is 36.4 Å². The molecule has 2 atom stereocenters. The number of aryl methyl sites for hydroxylation is 1. The first kappa shape index (κ1) is 16.2. The van der Waals surface area contributed by atoms with Crippen LogP contribution in [0.4, 0.5) is 4.39 Å². The second-order valence-electron chi connectivity index (χ2n) is 6.75. The lowest BCUT2D eigenvalue weighted by Gasteiger charge is -2.16. The van der Waals surface area contributed by atoms with Crippen LogP contribution >= 0.6 is 0 Å². The van der Waals surface area contributed by atoms with E-state index in [1.54, 1.807) is 6.07 Å². The van der Waals surface area contributed by atoms with Gasteiger partial charge >= 0.3 is 0 Å². The van der Waals surface area contributed by atoms with Crippen LogP contribution in [-0.4, -0.2) is 33.6 Å². The molecule has 0 bridgehead atoms. The van der Waals surface area contributed by atoms with Gasteiger partial charge in [0.25, 0.3) is 0 Å². The van der Waals surface area contributed by atoms with Gasteiger partial charge in [-0.15, -0.1) is 0 Å². The summed E-state index contributed by atoms with van der Waals surface area (Å²) in [6.45, 7) is 5.27. The Hall–Kier alpha value is -2.24. The van der Waals surface area contributed by atoms with Crippen LogP contribution in [-0.2, 0) is 13.1 Å². The Labute approximate surface area is 147 Å². The van der Waals surface area contributed by atoms with Gasteiger partial charge < -0.3 is 10.3 Å². The molecule has 2 aromatic carbocycles. The van der Waals surface area contributed by atoms with Gasteiger partial charge in [-0.2, -0.15) is 0 Å². The SMILES string of the molecule is CCn1c(CN2C[C@@H](N)[C@H](c3ccccc3)C2)nc2c(F)cccc21. The number of hydrogen-bond donors (Lipinski definition) is 1. The zero-order valence-electron chi connectivity index (χ0n) is 14.4. The second kappa shape index (κ2) is 6.58. The minimum Gasteiger partial charge on any atom is -0.327 e. The second-order valence-corrected chi connectivity index (χ2v) is 6.75. The van der Waals surface area contributed by atoms with Gasteiger partial charge in [-0.3, -0.25) is 4.90 Å². The summed E-state index contributed by atoms with van der Waals surface area (Å²) in [6.07, 6.45) is 0. The number of benzene rings is 2. The highest BCUT2D eigenvalue weighted by Gasteiger charge is 2.32. The maximum absolute atomic E-state index is 14.1. The van der Waals surface area contributed by atoms with Crippen LogP contribution in [0.2, 0.25) is 0 Å². The molecule has 4 nitrogen and oxygen atoms in total. The first-order valence-electron chi connectivity index (χ1n) is 8.84. The molecule has 0 spiro atoms. The van der Waals surface area contributed by atoms with Crippen LogP contribution < -0.4 is 5.73 Å². The maximum atomic E-state index is 14.1. The fraction of sp³-hybridized carbons (Fsp3) is 0.350. The van der Waals surface area contributed by atoms with Crippen molar-refractivity contribution >= 4 is 11.0 Å². The Bertz CT molecular complexity index is 874. The molecule has 130 valence electrons. The molecule has 0 amide bonds. The van der Waals surface area contributed by atoms with E-state index in [4.69, 9.17) is 5.73 Å². The number of rotatable bonds is 4. The standard InChI is InChI=1S/C20H23FN4/c1-2-25-18-10-6-9-16(21)20(18)23-19(25)13-24-11-15(17(22)12-24)14-7-4-3-5-8-14/h3-10,15,17H,2,11-13,22H2,1H3/t15-,17+/m0/s1. The first-order chi connectivity index (χ1) is 12.2. The fourth-order valence-electron chi connectivity index (χ4n) is 3.93. The molecule has 0 unspecified atom stereocenters. The summed E-state index contributed by atoms with van der Waals surface area (Å²) in [5.74, 6) is 0.979. The lowest BCUT2D eigenvalue weighted by atomic mass is 9.95. The van der Waals surface area contributed by atoms with E-state index in [0.717, 1.165) is 31.0 Å². The lowest BCUT2D eigenvalue weighted by Crippen LogP contribution is -2.29. The van der Waals surface area contributed by atoms with Crippen LogP contribution in [0.5, 0.6) is 0 Å². The van der Waals surface area contributed by atoms with E-state index in [9.17, 15) is 4.39 Å². The van der Waals surface area contributed by atoms with Gasteiger partial charge in [0, 0.05) is 31.6 Å². The van der Waals surface area contributed by atoms with Gasteiger partial charge in [0.15, 0.2) is 5.82 Å². The molecule has 1 saturated heterocycles. The third-order valence-corrected chi connectivity index (χ3v) is 5.16. The summed E-state index contributed by atoms with van der Waals surface area (Å²) in [5, 5.41) is 0. The maximum Gasteiger partial charge on any atom is 0.151 e. The molecule has 1 fully saturated rings. The van der Waals surface area contributed by atoms with E-state index >= 15 is 0 Å². The summed E-state index contributed by atoms with van der Waals surface area (Å²) in [4.78, 5) is 6.90. The fourth-order valence-corrected chi connectivity index (χ4v) is 3.93. The highest BCUT2D eigenvalue weighted by atomic mass is 19.1. The van der Waals surface area contributed by atoms with Gasteiger partial charge in [0.1, 0.15) is 11.3 Å². The predicted octanol–water partition coefficient (Wildman–Crippen LogP) is 3.12. The largest absolute Gasteiger partial charge is 0.327 e. The van der Waals surface area contributed by atoms with E-state index in [-0.39, 0.29) is 11.9 Å². The monoisotopic (exact) mass is 338 g/mol. The summed E-state index contributed by atoms with van der Waals surface area (Å²) >= 11 is 0. The Kier molecular flexibility index (Phi) is 4.27. The number of nitrogens with two attached hydrogens (primary N) is 1. The normalized spacial score (nSPS) is 21.2. The number of hydrogen-bond acceptors (Lipinski definition) is 3. The van der Waals surface area contributed by atoms with E-state index in [2.05, 4.69) is 45.6 Å². The number of nitrogens with zero attached hydrogens (tertiary/aromatic N) is 3. The number of imidazole rings is 1. The van der Waals surface area contributed by atoms with Crippen LogP contribution in [0.25, 0.3) is 11.0 Å². The highest BCUT2D eigenvalue weighted by Crippen LogP contribution is 2.28. The molecule has 0 saturated carbocycles. The first-order valence-corrected chi connectivity index (χ1v) is 8.84. The molecule has 0 radical (unpaired) electrons. The molecular weight excluding hydrogens is 315 g/mol. The minimum atomic E-state index is -0.258. The summed E-state index contributed by atoms with van der Waals surface area (Å²) in [5.41, 5.74) is 9.00. The molecule has 3 aromatic rings. The number of fused-ring (bicyclic) bond motifs is 1. The molecule has 2 heterocycles. The van der Waals surface area contributed by atoms with Crippen molar-refractivity contribution in [1.29, 1.82) is 0 Å². The molecule has 5 heteroatoms. The average molecular weight is 338 g/mol. The van der Waals surface area contributed by atoms with Crippen molar-refractivity contribution in [3.63, 3.8) is 0 Å². The van der Waals surface area contributed by atoms with E-state index in [1.807, 2.05) is 12.1 Å². The molecule has 1 aromatic heterocycles. The van der Waals surface area contributed by atoms with E-state index in [0.29, 0.717) is 18.0 Å². The van der Waals surface area contributed by atoms with Crippen LogP contribution in [0, 0.1) is 5.82 Å². The number of para-hydroxylation sites is 1. The van der Waals surface area contributed by atoms with E-state index in [1.165, 1.54) is 11.6 Å². The van der Waals surface area contributed by atoms with Crippen molar-refractivity contribution in [3.05, 3.63) is 65.7 Å². The molecule has 1 aliphatic heterocycles. The molecule has 25 heavy (non-hydrogen) atoms. The summed E-state index contributed by atoms with van der Waals surface area (Å²) < 4.78 is 16.2. The quantitative estimate of drug-likeness (QED) is 0.795. The topological polar surface area (TPSA) is 47.1 Å². The zero-order valence-corrected chi connectivity index (χ0v) is 14.4. The molecular formula is C20H23FN4. The Morgan fingerprint density at radius 3 is 2.68 bits per heavy atom. The third-order valence-electron chi connectivity index (χ3n) is 5.16. The number of aromatic nitrogens is 2. The average Bonchev–Trinajstić information content (AvgIpc) is 3.16. The predicted molar refractivity (Wildman–Crippen MR) is 97.8 cm³/mol. The Morgan fingerprint density at radius 2 is 1.92 bits per heavy atom. The third kappa shape index (κ3) is 2.94. The minimum absolute atomic E-state index is 0.110. The molecule has 1 aliphatic rings. The Morgan fingerprint density at radius 1 is 1.12 bits per heavy atom. The van der Waals surface area contributed by atoms with Crippen molar-refractivity contribution in [2.45, 2.75) is 32.0 Å².